The Morgan fingerprint density at radius 1 is 1.19 bits per heavy atom. The highest BCUT2D eigenvalue weighted by Gasteiger charge is 2.55. The maximum absolute atomic E-state index is 13.9. The molecule has 6 N–H and O–H groups in total. The summed E-state index contributed by atoms with van der Waals surface area (Å²) in [6, 6.07) is 2.00. The molecule has 5 rings (SSSR count). The van der Waals surface area contributed by atoms with E-state index >= 15 is 0 Å². The Labute approximate surface area is 210 Å². The van der Waals surface area contributed by atoms with Crippen LogP contribution in [0, 0.1) is 17.8 Å². The second-order valence-electron chi connectivity index (χ2n) is 10.8. The standard InChI is InChI=1S/C28H34N2O6/c1-3-14-9-17(13-30-7-5-4-6-8-30)24(32)21-18(14)11-15-10-16-12-19(31)23(27(29)35)28(2,36)22(16)26(34)20(15)25(21)33/h4-5,9,15-16,22,31-32,34,36H,3,6-8,10-13H2,1-2H3,(H2,29,35). The van der Waals surface area contributed by atoms with Crippen LogP contribution >= 0.6 is 0 Å². The van der Waals surface area contributed by atoms with E-state index in [1.165, 1.54) is 6.92 Å². The summed E-state index contributed by atoms with van der Waals surface area (Å²) in [5.41, 5.74) is 6.11. The minimum absolute atomic E-state index is 0.0478. The van der Waals surface area contributed by atoms with Crippen molar-refractivity contribution in [3.05, 3.63) is 63.1 Å². The van der Waals surface area contributed by atoms with Gasteiger partial charge in [-0.2, -0.15) is 0 Å². The van der Waals surface area contributed by atoms with Crippen molar-refractivity contribution < 1.29 is 30.0 Å². The van der Waals surface area contributed by atoms with E-state index in [4.69, 9.17) is 5.73 Å². The van der Waals surface area contributed by atoms with Gasteiger partial charge in [-0.1, -0.05) is 25.1 Å². The monoisotopic (exact) mass is 494 g/mol. The Morgan fingerprint density at radius 3 is 2.58 bits per heavy atom. The summed E-state index contributed by atoms with van der Waals surface area (Å²) < 4.78 is 0. The molecule has 1 aromatic carbocycles. The molecular formula is C28H34N2O6. The molecule has 0 fully saturated rings. The average molecular weight is 495 g/mol. The van der Waals surface area contributed by atoms with Crippen LogP contribution in [0.25, 0.3) is 0 Å². The Kier molecular flexibility index (Phi) is 6.00. The SMILES string of the molecule is CCc1cc(CN2CC=CCC2)c(O)c2c1CC1CC3CC(O)=C(C(N)=O)C(C)(O)C3C(O)=C1C2=O. The molecule has 1 aromatic rings. The molecule has 4 unspecified atom stereocenters. The fourth-order valence-electron chi connectivity index (χ4n) is 7.02. The fourth-order valence-corrected chi connectivity index (χ4v) is 7.02. The number of aryl methyl sites for hydroxylation is 1. The minimum atomic E-state index is -1.93. The highest BCUT2D eigenvalue weighted by atomic mass is 16.3. The maximum atomic E-state index is 13.9. The number of phenols is 1. The van der Waals surface area contributed by atoms with Gasteiger partial charge in [0, 0.05) is 37.2 Å². The predicted octanol–water partition coefficient (Wildman–Crippen LogP) is 2.97. The summed E-state index contributed by atoms with van der Waals surface area (Å²) in [6.45, 7) is 5.54. The zero-order valence-corrected chi connectivity index (χ0v) is 20.8. The molecule has 8 heteroatoms. The van der Waals surface area contributed by atoms with Crippen LogP contribution in [0.5, 0.6) is 5.75 Å². The number of fused-ring (bicyclic) bond motifs is 3. The van der Waals surface area contributed by atoms with E-state index in [0.717, 1.165) is 30.6 Å². The third-order valence-corrected chi connectivity index (χ3v) is 8.56. The number of ketones is 1. The van der Waals surface area contributed by atoms with E-state index in [2.05, 4.69) is 17.1 Å². The van der Waals surface area contributed by atoms with Crippen molar-refractivity contribution in [2.75, 3.05) is 13.1 Å². The number of amides is 1. The number of hydrogen-bond acceptors (Lipinski definition) is 7. The Morgan fingerprint density at radius 2 is 1.94 bits per heavy atom. The first-order valence-corrected chi connectivity index (χ1v) is 12.7. The summed E-state index contributed by atoms with van der Waals surface area (Å²) in [4.78, 5) is 28.2. The van der Waals surface area contributed by atoms with Gasteiger partial charge in [-0.05, 0) is 55.6 Å². The van der Waals surface area contributed by atoms with Gasteiger partial charge in [-0.3, -0.25) is 14.5 Å². The smallest absolute Gasteiger partial charge is 0.250 e. The van der Waals surface area contributed by atoms with E-state index in [1.807, 2.05) is 13.0 Å². The Balaban J connectivity index is 1.60. The normalized spacial score (nSPS) is 30.2. The summed E-state index contributed by atoms with van der Waals surface area (Å²) in [5, 5.41) is 44.5. The zero-order valence-electron chi connectivity index (χ0n) is 20.8. The molecule has 0 saturated heterocycles. The van der Waals surface area contributed by atoms with Crippen molar-refractivity contribution in [3.63, 3.8) is 0 Å². The van der Waals surface area contributed by atoms with Crippen LogP contribution in [0.1, 0.15) is 60.2 Å². The third kappa shape index (κ3) is 3.66. The highest BCUT2D eigenvalue weighted by Crippen LogP contribution is 2.54. The molecule has 192 valence electrons. The van der Waals surface area contributed by atoms with E-state index in [-0.39, 0.29) is 52.2 Å². The summed E-state index contributed by atoms with van der Waals surface area (Å²) in [6.07, 6.45) is 6.88. The van der Waals surface area contributed by atoms with Gasteiger partial charge in [0.15, 0.2) is 5.78 Å². The van der Waals surface area contributed by atoms with Gasteiger partial charge in [-0.15, -0.1) is 0 Å². The number of primary amides is 1. The quantitative estimate of drug-likeness (QED) is 0.405. The second-order valence-corrected chi connectivity index (χ2v) is 10.8. The number of nitrogens with zero attached hydrogens (tertiary/aromatic N) is 1. The Hall–Kier alpha value is -3.10. The van der Waals surface area contributed by atoms with Gasteiger partial charge in [-0.25, -0.2) is 0 Å². The first kappa shape index (κ1) is 24.6. The van der Waals surface area contributed by atoms with Gasteiger partial charge < -0.3 is 26.2 Å². The van der Waals surface area contributed by atoms with Gasteiger partial charge in [0.1, 0.15) is 22.9 Å². The number of nitrogens with two attached hydrogens (primary N) is 1. The molecule has 0 bridgehead atoms. The lowest BCUT2D eigenvalue weighted by Gasteiger charge is -2.48. The zero-order chi connectivity index (χ0) is 25.9. The van der Waals surface area contributed by atoms with Crippen molar-refractivity contribution in [2.45, 2.75) is 58.1 Å². The molecule has 36 heavy (non-hydrogen) atoms. The van der Waals surface area contributed by atoms with Crippen molar-refractivity contribution in [1.29, 1.82) is 0 Å². The van der Waals surface area contributed by atoms with E-state index in [9.17, 15) is 30.0 Å². The number of rotatable bonds is 4. The number of benzene rings is 1. The molecule has 0 radical (unpaired) electrons. The van der Waals surface area contributed by atoms with Crippen LogP contribution in [0.15, 0.2) is 40.9 Å². The lowest BCUT2D eigenvalue weighted by molar-refractivity contribution is -0.119. The predicted molar refractivity (Wildman–Crippen MR) is 133 cm³/mol. The fraction of sp³-hybridized carbons (Fsp3) is 0.500. The molecule has 0 saturated carbocycles. The molecule has 1 amide bonds. The van der Waals surface area contributed by atoms with Gasteiger partial charge in [0.2, 0.25) is 0 Å². The van der Waals surface area contributed by atoms with Crippen molar-refractivity contribution in [3.8, 4) is 5.75 Å². The lowest BCUT2D eigenvalue weighted by atomic mass is 9.58. The summed E-state index contributed by atoms with van der Waals surface area (Å²) >= 11 is 0. The van der Waals surface area contributed by atoms with Crippen molar-refractivity contribution in [1.82, 2.24) is 4.90 Å². The number of aliphatic hydroxyl groups is 3. The molecule has 0 spiro atoms. The first-order valence-electron chi connectivity index (χ1n) is 12.7. The van der Waals surface area contributed by atoms with E-state index in [1.54, 1.807) is 0 Å². The number of allylic oxidation sites excluding steroid dienone is 2. The van der Waals surface area contributed by atoms with Crippen LogP contribution < -0.4 is 5.73 Å². The van der Waals surface area contributed by atoms with Crippen LogP contribution in [-0.2, 0) is 24.2 Å². The number of Topliss-reactive ketones (excluding diaryl/α,β-unsaturated/α-hetero) is 1. The van der Waals surface area contributed by atoms with Crippen LogP contribution in [0.3, 0.4) is 0 Å². The van der Waals surface area contributed by atoms with Gasteiger partial charge in [0.05, 0.1) is 17.1 Å². The number of aromatic hydroxyl groups is 1. The van der Waals surface area contributed by atoms with Crippen molar-refractivity contribution in [2.24, 2.45) is 23.5 Å². The Bertz CT molecular complexity index is 1240. The van der Waals surface area contributed by atoms with Crippen LogP contribution in [-0.4, -0.2) is 55.7 Å². The van der Waals surface area contributed by atoms with E-state index < -0.39 is 23.2 Å². The lowest BCUT2D eigenvalue weighted by Crippen LogP contribution is -2.52. The molecule has 3 aliphatic carbocycles. The van der Waals surface area contributed by atoms with Crippen LogP contribution in [0.2, 0.25) is 0 Å². The number of aliphatic hydroxyl groups excluding tert-OH is 2. The number of carbonyl (C=O) groups is 2. The number of carbonyl (C=O) groups excluding carboxylic acids is 2. The van der Waals surface area contributed by atoms with Crippen molar-refractivity contribution >= 4 is 11.7 Å². The summed E-state index contributed by atoms with van der Waals surface area (Å²) in [7, 11) is 0. The van der Waals surface area contributed by atoms with Gasteiger partial charge in [0.25, 0.3) is 5.91 Å². The minimum Gasteiger partial charge on any atom is -0.512 e. The molecule has 1 aliphatic heterocycles. The first-order chi connectivity index (χ1) is 17.1. The summed E-state index contributed by atoms with van der Waals surface area (Å²) in [5.74, 6) is -3.61. The molecule has 4 aliphatic rings. The topological polar surface area (TPSA) is 144 Å². The molecule has 0 aromatic heterocycles. The van der Waals surface area contributed by atoms with E-state index in [0.29, 0.717) is 31.4 Å². The third-order valence-electron chi connectivity index (χ3n) is 8.56. The maximum Gasteiger partial charge on any atom is 0.250 e. The number of hydrogen-bond donors (Lipinski definition) is 5. The molecule has 4 atom stereocenters. The average Bonchev–Trinajstić information content (AvgIpc) is 2.80. The second kappa shape index (κ2) is 8.78. The molecule has 1 heterocycles. The molecular weight excluding hydrogens is 460 g/mol. The van der Waals surface area contributed by atoms with Crippen LogP contribution in [0.4, 0.5) is 0 Å². The largest absolute Gasteiger partial charge is 0.512 e. The highest BCUT2D eigenvalue weighted by molar-refractivity contribution is 6.13. The molecule has 8 nitrogen and oxygen atoms in total. The number of phenolic OH excluding ortho intramolecular Hbond substituents is 1. The van der Waals surface area contributed by atoms with Gasteiger partial charge >= 0.3 is 0 Å².